The Balaban J connectivity index is 2.63. The van der Waals surface area contributed by atoms with E-state index in [2.05, 4.69) is 41.6 Å². The second-order valence-electron chi connectivity index (χ2n) is 3.71. The summed E-state index contributed by atoms with van der Waals surface area (Å²) in [7, 11) is -1.04. The molecule has 0 saturated carbocycles. The molecular formula is C8H14N2Si. The fraction of sp³-hybridized carbons (Fsp3) is 0.375. The monoisotopic (exact) mass is 166 g/mol. The molecule has 0 unspecified atom stereocenters. The van der Waals surface area contributed by atoms with E-state index in [4.69, 9.17) is 0 Å². The van der Waals surface area contributed by atoms with Gasteiger partial charge in [-0.1, -0.05) is 25.3 Å². The number of aromatic nitrogens is 2. The van der Waals surface area contributed by atoms with Crippen LogP contribution in [0.15, 0.2) is 18.0 Å². The summed E-state index contributed by atoms with van der Waals surface area (Å²) < 4.78 is 0. The summed E-state index contributed by atoms with van der Waals surface area (Å²) in [5.74, 6) is 0. The summed E-state index contributed by atoms with van der Waals surface area (Å²) in [5, 5.41) is 6.76. The van der Waals surface area contributed by atoms with Crippen LogP contribution in [0.5, 0.6) is 0 Å². The predicted octanol–water partition coefficient (Wildman–Crippen LogP) is 2.30. The van der Waals surface area contributed by atoms with Crippen LogP contribution >= 0.6 is 0 Å². The van der Waals surface area contributed by atoms with Crippen LogP contribution in [0.25, 0.3) is 6.08 Å². The van der Waals surface area contributed by atoms with Gasteiger partial charge in [-0.05, 0) is 12.1 Å². The maximum Gasteiger partial charge on any atom is 0.0688 e. The van der Waals surface area contributed by atoms with Crippen molar-refractivity contribution in [1.82, 2.24) is 10.2 Å². The van der Waals surface area contributed by atoms with Crippen LogP contribution in [-0.2, 0) is 0 Å². The topological polar surface area (TPSA) is 28.7 Å². The van der Waals surface area contributed by atoms with Crippen LogP contribution in [0, 0.1) is 0 Å². The zero-order valence-corrected chi connectivity index (χ0v) is 8.26. The number of nitrogens with one attached hydrogen (secondary N) is 1. The SMILES string of the molecule is C[Si](C)(C)C=Cc1ccn[nH]1. The third-order valence-corrected chi connectivity index (χ3v) is 2.45. The molecule has 1 rings (SSSR count). The smallest absolute Gasteiger partial charge is 0.0688 e. The molecule has 2 nitrogen and oxygen atoms in total. The predicted molar refractivity (Wildman–Crippen MR) is 51.0 cm³/mol. The van der Waals surface area contributed by atoms with Gasteiger partial charge in [0.25, 0.3) is 0 Å². The third kappa shape index (κ3) is 3.18. The molecule has 0 aliphatic rings. The minimum atomic E-state index is -1.04. The lowest BCUT2D eigenvalue weighted by molar-refractivity contribution is 1.08. The number of H-pyrrole nitrogens is 1. The first-order chi connectivity index (χ1) is 5.08. The van der Waals surface area contributed by atoms with Crippen molar-refractivity contribution in [2.45, 2.75) is 19.6 Å². The minimum Gasteiger partial charge on any atom is -0.278 e. The number of aromatic amines is 1. The fourth-order valence-electron chi connectivity index (χ4n) is 0.699. The quantitative estimate of drug-likeness (QED) is 0.671. The van der Waals surface area contributed by atoms with Gasteiger partial charge >= 0.3 is 0 Å². The summed E-state index contributed by atoms with van der Waals surface area (Å²) in [6.45, 7) is 6.92. The molecule has 0 spiro atoms. The van der Waals surface area contributed by atoms with E-state index in [9.17, 15) is 0 Å². The van der Waals surface area contributed by atoms with E-state index >= 15 is 0 Å². The number of hydrogen-bond acceptors (Lipinski definition) is 1. The maximum atomic E-state index is 3.86. The Bertz CT molecular complexity index is 231. The van der Waals surface area contributed by atoms with Crippen molar-refractivity contribution in [3.05, 3.63) is 23.7 Å². The van der Waals surface area contributed by atoms with Crippen molar-refractivity contribution in [2.75, 3.05) is 0 Å². The van der Waals surface area contributed by atoms with E-state index in [-0.39, 0.29) is 0 Å². The average Bonchev–Trinajstić information content (AvgIpc) is 2.32. The lowest BCUT2D eigenvalue weighted by atomic mass is 10.4. The second-order valence-corrected chi connectivity index (χ2v) is 8.78. The molecule has 0 radical (unpaired) electrons. The first-order valence-corrected chi connectivity index (χ1v) is 7.34. The molecule has 0 aromatic carbocycles. The van der Waals surface area contributed by atoms with Crippen molar-refractivity contribution in [3.63, 3.8) is 0 Å². The van der Waals surface area contributed by atoms with Crippen LogP contribution < -0.4 is 0 Å². The summed E-state index contributed by atoms with van der Waals surface area (Å²) in [6, 6.07) is 1.97. The summed E-state index contributed by atoms with van der Waals surface area (Å²) in [5.41, 5.74) is 3.38. The molecule has 0 aliphatic heterocycles. The molecule has 11 heavy (non-hydrogen) atoms. The van der Waals surface area contributed by atoms with Gasteiger partial charge in [-0.25, -0.2) is 0 Å². The van der Waals surface area contributed by atoms with Crippen molar-refractivity contribution in [1.29, 1.82) is 0 Å². The van der Waals surface area contributed by atoms with Crippen LogP contribution in [-0.4, -0.2) is 18.3 Å². The van der Waals surface area contributed by atoms with Gasteiger partial charge in [0.15, 0.2) is 0 Å². The highest BCUT2D eigenvalue weighted by Crippen LogP contribution is 2.05. The molecule has 0 fully saturated rings. The molecule has 0 saturated heterocycles. The second kappa shape index (κ2) is 3.05. The maximum absolute atomic E-state index is 3.86. The molecule has 3 heteroatoms. The van der Waals surface area contributed by atoms with E-state index in [1.165, 1.54) is 0 Å². The lowest BCUT2D eigenvalue weighted by Crippen LogP contribution is -2.15. The molecule has 1 N–H and O–H groups in total. The number of hydrogen-bond donors (Lipinski definition) is 1. The summed E-state index contributed by atoms with van der Waals surface area (Å²) in [6.07, 6.45) is 3.88. The van der Waals surface area contributed by atoms with Gasteiger partial charge in [0, 0.05) is 6.20 Å². The van der Waals surface area contributed by atoms with Crippen molar-refractivity contribution < 1.29 is 0 Å². The average molecular weight is 166 g/mol. The zero-order chi connectivity index (χ0) is 8.32. The van der Waals surface area contributed by atoms with Gasteiger partial charge in [0.05, 0.1) is 13.8 Å². The Morgan fingerprint density at radius 2 is 2.18 bits per heavy atom. The molecular weight excluding hydrogens is 152 g/mol. The van der Waals surface area contributed by atoms with Gasteiger partial charge in [-0.2, -0.15) is 5.10 Å². The first-order valence-electron chi connectivity index (χ1n) is 3.76. The van der Waals surface area contributed by atoms with Gasteiger partial charge in [-0.3, -0.25) is 5.10 Å². The van der Waals surface area contributed by atoms with Crippen molar-refractivity contribution in [2.24, 2.45) is 0 Å². The fourth-order valence-corrected chi connectivity index (χ4v) is 1.38. The van der Waals surface area contributed by atoms with Gasteiger partial charge < -0.3 is 0 Å². The summed E-state index contributed by atoms with van der Waals surface area (Å²) >= 11 is 0. The molecule has 0 bridgehead atoms. The molecule has 0 aliphatic carbocycles. The van der Waals surface area contributed by atoms with E-state index < -0.39 is 8.07 Å². The molecule has 1 heterocycles. The van der Waals surface area contributed by atoms with Crippen LogP contribution in [0.3, 0.4) is 0 Å². The number of nitrogens with zero attached hydrogens (tertiary/aromatic N) is 1. The highest BCUT2D eigenvalue weighted by molar-refractivity contribution is 6.81. The van der Waals surface area contributed by atoms with Crippen LogP contribution in [0.1, 0.15) is 5.69 Å². The zero-order valence-electron chi connectivity index (χ0n) is 7.26. The molecule has 0 atom stereocenters. The van der Waals surface area contributed by atoms with Crippen molar-refractivity contribution >= 4 is 14.1 Å². The Labute approximate surface area is 68.3 Å². The Morgan fingerprint density at radius 1 is 1.45 bits per heavy atom. The highest BCUT2D eigenvalue weighted by Gasteiger charge is 2.06. The van der Waals surface area contributed by atoms with E-state index in [0.29, 0.717) is 0 Å². The largest absolute Gasteiger partial charge is 0.278 e. The minimum absolute atomic E-state index is 1.04. The van der Waals surface area contributed by atoms with Crippen molar-refractivity contribution in [3.8, 4) is 0 Å². The lowest BCUT2D eigenvalue weighted by Gasteiger charge is -2.06. The Kier molecular flexibility index (Phi) is 2.29. The van der Waals surface area contributed by atoms with E-state index in [1.807, 2.05) is 6.07 Å². The van der Waals surface area contributed by atoms with E-state index in [1.54, 1.807) is 6.20 Å². The number of rotatable bonds is 2. The Morgan fingerprint density at radius 3 is 2.64 bits per heavy atom. The summed E-state index contributed by atoms with van der Waals surface area (Å²) in [4.78, 5) is 0. The third-order valence-electron chi connectivity index (χ3n) is 1.29. The van der Waals surface area contributed by atoms with Gasteiger partial charge in [0.2, 0.25) is 0 Å². The van der Waals surface area contributed by atoms with Gasteiger partial charge in [0.1, 0.15) is 0 Å². The first kappa shape index (κ1) is 8.27. The normalized spacial score (nSPS) is 12.6. The molecule has 1 aromatic rings. The highest BCUT2D eigenvalue weighted by atomic mass is 28.3. The molecule has 1 aromatic heterocycles. The molecule has 0 amide bonds. The van der Waals surface area contributed by atoms with Gasteiger partial charge in [-0.15, -0.1) is 0 Å². The van der Waals surface area contributed by atoms with Crippen LogP contribution in [0.4, 0.5) is 0 Å². The molecule has 60 valence electrons. The van der Waals surface area contributed by atoms with E-state index in [0.717, 1.165) is 5.69 Å². The van der Waals surface area contributed by atoms with Crippen LogP contribution in [0.2, 0.25) is 19.6 Å². The standard InChI is InChI=1S/C8H14N2Si/c1-11(2,3)7-5-8-4-6-9-10-8/h4-7H,1-3H3,(H,9,10). The Hall–Kier alpha value is -0.833.